The van der Waals surface area contributed by atoms with Crippen LogP contribution >= 0.6 is 23.2 Å². The molecule has 0 aliphatic rings. The average Bonchev–Trinajstić information content (AvgIpc) is 2.98. The Morgan fingerprint density at radius 1 is 1.19 bits per heavy atom. The molecule has 3 rings (SSSR count). The van der Waals surface area contributed by atoms with Gasteiger partial charge in [-0.25, -0.2) is 9.67 Å². The van der Waals surface area contributed by atoms with E-state index in [0.717, 1.165) is 11.4 Å². The Balaban J connectivity index is 1.75. The summed E-state index contributed by atoms with van der Waals surface area (Å²) in [6.45, 7) is 3.80. The lowest BCUT2D eigenvalue weighted by Crippen LogP contribution is -2.29. The number of carbonyl (C=O) groups excluding carboxylic acids is 1. The van der Waals surface area contributed by atoms with Gasteiger partial charge in [-0.15, -0.1) is 0 Å². The second-order valence-electron chi connectivity index (χ2n) is 6.12. The number of nitrogens with one attached hydrogen (secondary N) is 1. The molecule has 8 heteroatoms. The Kier molecular flexibility index (Phi) is 5.79. The molecule has 0 saturated heterocycles. The highest BCUT2D eigenvalue weighted by Crippen LogP contribution is 2.19. The molecule has 2 N–H and O–H groups in total. The predicted molar refractivity (Wildman–Crippen MR) is 105 cm³/mol. The minimum atomic E-state index is -0.871. The molecule has 0 aliphatic carbocycles. The van der Waals surface area contributed by atoms with Crippen LogP contribution in [0.5, 0.6) is 0 Å². The van der Waals surface area contributed by atoms with Crippen molar-refractivity contribution in [2.75, 3.05) is 6.54 Å². The average molecular weight is 405 g/mol. The zero-order valence-corrected chi connectivity index (χ0v) is 16.3. The molecule has 0 fully saturated rings. The van der Waals surface area contributed by atoms with E-state index < -0.39 is 12.0 Å². The molecule has 27 heavy (non-hydrogen) atoms. The maximum Gasteiger partial charge on any atom is 0.271 e. The van der Waals surface area contributed by atoms with E-state index in [4.69, 9.17) is 23.2 Å². The fourth-order valence-electron chi connectivity index (χ4n) is 2.65. The number of halogens is 2. The van der Waals surface area contributed by atoms with Crippen LogP contribution in [0.3, 0.4) is 0 Å². The minimum absolute atomic E-state index is 0.0165. The van der Waals surface area contributed by atoms with Crippen LogP contribution in [0.4, 0.5) is 0 Å². The van der Waals surface area contributed by atoms with Gasteiger partial charge in [-0.05, 0) is 49.7 Å². The summed E-state index contributed by atoms with van der Waals surface area (Å²) in [6.07, 6.45) is -0.871. The van der Waals surface area contributed by atoms with Crippen molar-refractivity contribution in [2.45, 2.75) is 20.0 Å². The summed E-state index contributed by atoms with van der Waals surface area (Å²) in [4.78, 5) is 16.8. The molecule has 6 nitrogen and oxygen atoms in total. The van der Waals surface area contributed by atoms with E-state index in [1.807, 2.05) is 19.9 Å². The predicted octanol–water partition coefficient (Wildman–Crippen LogP) is 3.65. The van der Waals surface area contributed by atoms with E-state index in [1.165, 1.54) is 0 Å². The SMILES string of the molecule is Cc1cc(C)n(-c2ccc(Cl)c(C(=O)NCC(O)c3ccc(Cl)cc3)n2)n1. The molecule has 0 radical (unpaired) electrons. The van der Waals surface area contributed by atoms with Crippen LogP contribution in [0, 0.1) is 13.8 Å². The third kappa shape index (κ3) is 4.47. The van der Waals surface area contributed by atoms with Gasteiger partial charge in [-0.1, -0.05) is 35.3 Å². The lowest BCUT2D eigenvalue weighted by atomic mass is 10.1. The highest BCUT2D eigenvalue weighted by Gasteiger charge is 2.17. The second-order valence-corrected chi connectivity index (χ2v) is 6.96. The quantitative estimate of drug-likeness (QED) is 0.679. The molecule has 1 unspecified atom stereocenters. The first-order valence-electron chi connectivity index (χ1n) is 8.27. The number of benzene rings is 1. The molecule has 0 bridgehead atoms. The van der Waals surface area contributed by atoms with Crippen molar-refractivity contribution in [2.24, 2.45) is 0 Å². The highest BCUT2D eigenvalue weighted by atomic mass is 35.5. The molecule has 3 aromatic rings. The smallest absolute Gasteiger partial charge is 0.271 e. The van der Waals surface area contributed by atoms with Gasteiger partial charge < -0.3 is 10.4 Å². The number of nitrogens with zero attached hydrogens (tertiary/aromatic N) is 3. The zero-order chi connectivity index (χ0) is 19.6. The molecule has 0 saturated carbocycles. The summed E-state index contributed by atoms with van der Waals surface area (Å²) >= 11 is 12.0. The molecule has 1 atom stereocenters. The summed E-state index contributed by atoms with van der Waals surface area (Å²) in [5, 5.41) is 18.0. The maximum absolute atomic E-state index is 12.5. The standard InChI is InChI=1S/C19H18Cl2N4O2/c1-11-9-12(2)25(24-11)17-8-7-15(21)18(23-17)19(27)22-10-16(26)13-3-5-14(20)6-4-13/h3-9,16,26H,10H2,1-2H3,(H,22,27). The third-order valence-electron chi connectivity index (χ3n) is 3.98. The summed E-state index contributed by atoms with van der Waals surface area (Å²) in [5.41, 5.74) is 2.47. The van der Waals surface area contributed by atoms with Crippen LogP contribution in [-0.2, 0) is 0 Å². The van der Waals surface area contributed by atoms with E-state index >= 15 is 0 Å². The fourth-order valence-corrected chi connectivity index (χ4v) is 2.96. The van der Waals surface area contributed by atoms with Crippen molar-refractivity contribution in [1.29, 1.82) is 0 Å². The Labute approximate surface area is 166 Å². The fraction of sp³-hybridized carbons (Fsp3) is 0.211. The van der Waals surface area contributed by atoms with Gasteiger partial charge in [-0.2, -0.15) is 5.10 Å². The van der Waals surface area contributed by atoms with Crippen molar-refractivity contribution in [1.82, 2.24) is 20.1 Å². The molecule has 2 heterocycles. The number of amides is 1. The van der Waals surface area contributed by atoms with Gasteiger partial charge in [0, 0.05) is 17.3 Å². The number of pyridine rings is 1. The Hall–Kier alpha value is -2.41. The lowest BCUT2D eigenvalue weighted by molar-refractivity contribution is 0.0911. The van der Waals surface area contributed by atoms with E-state index in [9.17, 15) is 9.90 Å². The first-order valence-corrected chi connectivity index (χ1v) is 9.02. The number of hydrogen-bond acceptors (Lipinski definition) is 4. The molecule has 2 aromatic heterocycles. The molecular weight excluding hydrogens is 387 g/mol. The van der Waals surface area contributed by atoms with E-state index in [1.54, 1.807) is 41.1 Å². The monoisotopic (exact) mass is 404 g/mol. The second kappa shape index (κ2) is 8.08. The largest absolute Gasteiger partial charge is 0.387 e. The van der Waals surface area contributed by atoms with Gasteiger partial charge in [-0.3, -0.25) is 4.79 Å². The maximum atomic E-state index is 12.5. The first-order chi connectivity index (χ1) is 12.8. The van der Waals surface area contributed by atoms with E-state index in [-0.39, 0.29) is 17.3 Å². The number of aryl methyl sites for hydroxylation is 2. The summed E-state index contributed by atoms with van der Waals surface area (Å²) in [7, 11) is 0. The van der Waals surface area contributed by atoms with Gasteiger partial charge in [0.2, 0.25) is 0 Å². The van der Waals surface area contributed by atoms with Crippen LogP contribution in [0.25, 0.3) is 5.82 Å². The summed E-state index contributed by atoms with van der Waals surface area (Å²) in [5.74, 6) is 0.0183. The first kappa shape index (κ1) is 19.4. The van der Waals surface area contributed by atoms with Gasteiger partial charge in [0.1, 0.15) is 5.69 Å². The normalized spacial score (nSPS) is 12.0. The number of aliphatic hydroxyl groups excluding tert-OH is 1. The minimum Gasteiger partial charge on any atom is -0.387 e. The van der Waals surface area contributed by atoms with Crippen LogP contribution in [0.2, 0.25) is 10.0 Å². The topological polar surface area (TPSA) is 80.0 Å². The lowest BCUT2D eigenvalue weighted by Gasteiger charge is -2.13. The number of aliphatic hydroxyl groups is 1. The number of hydrogen-bond donors (Lipinski definition) is 2. The molecule has 0 spiro atoms. The zero-order valence-electron chi connectivity index (χ0n) is 14.8. The van der Waals surface area contributed by atoms with Crippen LogP contribution < -0.4 is 5.32 Å². The Morgan fingerprint density at radius 2 is 1.89 bits per heavy atom. The summed E-state index contributed by atoms with van der Waals surface area (Å²) < 4.78 is 1.64. The third-order valence-corrected chi connectivity index (χ3v) is 4.54. The van der Waals surface area contributed by atoms with Crippen molar-refractivity contribution >= 4 is 29.1 Å². The Morgan fingerprint density at radius 3 is 2.52 bits per heavy atom. The van der Waals surface area contributed by atoms with Gasteiger partial charge in [0.15, 0.2) is 5.82 Å². The molecule has 140 valence electrons. The van der Waals surface area contributed by atoms with E-state index in [0.29, 0.717) is 16.4 Å². The molecule has 1 amide bonds. The van der Waals surface area contributed by atoms with Crippen molar-refractivity contribution in [3.63, 3.8) is 0 Å². The highest BCUT2D eigenvalue weighted by molar-refractivity contribution is 6.33. The number of rotatable bonds is 5. The van der Waals surface area contributed by atoms with Gasteiger partial charge in [0.25, 0.3) is 5.91 Å². The van der Waals surface area contributed by atoms with Crippen molar-refractivity contribution in [3.8, 4) is 5.82 Å². The number of carbonyl (C=O) groups is 1. The van der Waals surface area contributed by atoms with Crippen LogP contribution in [0.15, 0.2) is 42.5 Å². The number of aromatic nitrogens is 3. The Bertz CT molecular complexity index is 970. The van der Waals surface area contributed by atoms with E-state index in [2.05, 4.69) is 15.4 Å². The molecule has 0 aliphatic heterocycles. The van der Waals surface area contributed by atoms with Crippen molar-refractivity contribution in [3.05, 3.63) is 75.2 Å². The molecule has 1 aromatic carbocycles. The summed E-state index contributed by atoms with van der Waals surface area (Å²) in [6, 6.07) is 12.0. The van der Waals surface area contributed by atoms with Gasteiger partial charge in [0.05, 0.1) is 16.8 Å². The van der Waals surface area contributed by atoms with Gasteiger partial charge >= 0.3 is 0 Å². The van der Waals surface area contributed by atoms with Crippen LogP contribution in [-0.4, -0.2) is 32.3 Å². The molecular formula is C19H18Cl2N4O2. The van der Waals surface area contributed by atoms with Crippen LogP contribution in [0.1, 0.15) is 33.5 Å². The van der Waals surface area contributed by atoms with Crippen molar-refractivity contribution < 1.29 is 9.90 Å².